The first-order chi connectivity index (χ1) is 6.20. The topological polar surface area (TPSA) is 49.7 Å². The van der Waals surface area contributed by atoms with E-state index < -0.39 is 12.0 Å². The van der Waals surface area contributed by atoms with E-state index in [9.17, 15) is 4.79 Å². The standard InChI is InChI=1S/C10H9NO2/c1-6-7-4-2-3-5-8(7)9(11-6)10(12)13/h2-5,9H,1H3,(H,12,13). The van der Waals surface area contributed by atoms with E-state index >= 15 is 0 Å². The highest BCUT2D eigenvalue weighted by molar-refractivity contribution is 6.05. The van der Waals surface area contributed by atoms with Crippen LogP contribution in [0.3, 0.4) is 0 Å². The zero-order valence-corrected chi connectivity index (χ0v) is 7.19. The van der Waals surface area contributed by atoms with Gasteiger partial charge in [-0.15, -0.1) is 0 Å². The summed E-state index contributed by atoms with van der Waals surface area (Å²) in [5.74, 6) is -0.885. The summed E-state index contributed by atoms with van der Waals surface area (Å²) >= 11 is 0. The van der Waals surface area contributed by atoms with Crippen molar-refractivity contribution in [3.63, 3.8) is 0 Å². The van der Waals surface area contributed by atoms with Gasteiger partial charge >= 0.3 is 5.97 Å². The molecule has 0 aromatic heterocycles. The number of carbonyl (C=O) groups is 1. The van der Waals surface area contributed by atoms with Gasteiger partial charge in [-0.25, -0.2) is 4.79 Å². The van der Waals surface area contributed by atoms with Crippen molar-refractivity contribution in [3.8, 4) is 0 Å². The Bertz CT molecular complexity index is 396. The predicted molar refractivity (Wildman–Crippen MR) is 49.0 cm³/mol. The van der Waals surface area contributed by atoms with Gasteiger partial charge in [-0.1, -0.05) is 24.3 Å². The second-order valence-electron chi connectivity index (χ2n) is 3.04. The van der Waals surface area contributed by atoms with E-state index in [1.807, 2.05) is 31.2 Å². The van der Waals surface area contributed by atoms with Crippen LogP contribution in [-0.2, 0) is 4.79 Å². The largest absolute Gasteiger partial charge is 0.479 e. The fourth-order valence-electron chi connectivity index (χ4n) is 1.59. The Hall–Kier alpha value is -1.64. The number of fused-ring (bicyclic) bond motifs is 1. The van der Waals surface area contributed by atoms with Crippen molar-refractivity contribution in [2.45, 2.75) is 13.0 Å². The van der Waals surface area contributed by atoms with Crippen LogP contribution in [0.15, 0.2) is 29.3 Å². The average molecular weight is 175 g/mol. The Kier molecular flexibility index (Phi) is 1.65. The molecule has 3 nitrogen and oxygen atoms in total. The molecule has 0 aliphatic carbocycles. The van der Waals surface area contributed by atoms with Crippen LogP contribution in [0.2, 0.25) is 0 Å². The second-order valence-corrected chi connectivity index (χ2v) is 3.04. The smallest absolute Gasteiger partial charge is 0.333 e. The van der Waals surface area contributed by atoms with Gasteiger partial charge in [0.1, 0.15) is 0 Å². The van der Waals surface area contributed by atoms with Crippen LogP contribution in [-0.4, -0.2) is 16.8 Å². The number of carboxylic acids is 1. The summed E-state index contributed by atoms with van der Waals surface area (Å²) in [4.78, 5) is 14.9. The summed E-state index contributed by atoms with van der Waals surface area (Å²) in [5, 5.41) is 8.87. The first-order valence-electron chi connectivity index (χ1n) is 4.06. The molecule has 0 radical (unpaired) electrons. The molecule has 1 aromatic rings. The van der Waals surface area contributed by atoms with Gasteiger partial charge in [-0.3, -0.25) is 4.99 Å². The molecular weight excluding hydrogens is 166 g/mol. The van der Waals surface area contributed by atoms with Crippen molar-refractivity contribution in [2.24, 2.45) is 4.99 Å². The normalized spacial score (nSPS) is 19.5. The Morgan fingerprint density at radius 2 is 2.15 bits per heavy atom. The van der Waals surface area contributed by atoms with E-state index in [1.54, 1.807) is 0 Å². The van der Waals surface area contributed by atoms with Crippen molar-refractivity contribution >= 4 is 11.7 Å². The first kappa shape index (κ1) is 7.98. The van der Waals surface area contributed by atoms with E-state index in [4.69, 9.17) is 5.11 Å². The molecule has 0 amide bonds. The van der Waals surface area contributed by atoms with Crippen LogP contribution in [0, 0.1) is 0 Å². The zero-order chi connectivity index (χ0) is 9.42. The minimum Gasteiger partial charge on any atom is -0.479 e. The second kappa shape index (κ2) is 2.69. The summed E-state index contributed by atoms with van der Waals surface area (Å²) in [6.07, 6.45) is 0. The van der Waals surface area contributed by atoms with Crippen LogP contribution < -0.4 is 0 Å². The maximum atomic E-state index is 10.8. The molecule has 1 unspecified atom stereocenters. The molecule has 2 rings (SSSR count). The van der Waals surface area contributed by atoms with Gasteiger partial charge in [0.2, 0.25) is 0 Å². The third-order valence-corrected chi connectivity index (χ3v) is 2.20. The summed E-state index contributed by atoms with van der Waals surface area (Å²) < 4.78 is 0. The molecule has 0 fully saturated rings. The summed E-state index contributed by atoms with van der Waals surface area (Å²) in [6.45, 7) is 1.84. The van der Waals surface area contributed by atoms with Gasteiger partial charge in [0, 0.05) is 11.3 Å². The van der Waals surface area contributed by atoms with Crippen LogP contribution in [0.5, 0.6) is 0 Å². The molecule has 13 heavy (non-hydrogen) atoms. The fourth-order valence-corrected chi connectivity index (χ4v) is 1.59. The molecule has 1 N–H and O–H groups in total. The lowest BCUT2D eigenvalue weighted by molar-refractivity contribution is -0.138. The van der Waals surface area contributed by atoms with E-state index in [2.05, 4.69) is 4.99 Å². The number of carboxylic acid groups (broad SMARTS) is 1. The number of rotatable bonds is 1. The average Bonchev–Trinajstić information content (AvgIpc) is 2.45. The van der Waals surface area contributed by atoms with Crippen LogP contribution in [0.1, 0.15) is 24.1 Å². The molecule has 0 saturated heterocycles. The van der Waals surface area contributed by atoms with Gasteiger partial charge in [-0.05, 0) is 12.5 Å². The summed E-state index contributed by atoms with van der Waals surface area (Å²) in [7, 11) is 0. The molecule has 0 spiro atoms. The maximum absolute atomic E-state index is 10.8. The van der Waals surface area contributed by atoms with Crippen molar-refractivity contribution in [1.82, 2.24) is 0 Å². The molecule has 1 heterocycles. The number of aliphatic imine (C=N–C) groups is 1. The van der Waals surface area contributed by atoms with E-state index in [1.165, 1.54) is 0 Å². The Labute approximate surface area is 75.7 Å². The third kappa shape index (κ3) is 1.13. The molecule has 0 bridgehead atoms. The highest BCUT2D eigenvalue weighted by Gasteiger charge is 2.27. The van der Waals surface area contributed by atoms with E-state index in [0.29, 0.717) is 0 Å². The Morgan fingerprint density at radius 1 is 1.46 bits per heavy atom. The van der Waals surface area contributed by atoms with Crippen molar-refractivity contribution < 1.29 is 9.90 Å². The SMILES string of the molecule is CC1=NC(C(=O)O)c2ccccc21. The number of hydrogen-bond donors (Lipinski definition) is 1. The quantitative estimate of drug-likeness (QED) is 0.705. The first-order valence-corrected chi connectivity index (χ1v) is 4.06. The lowest BCUT2D eigenvalue weighted by Gasteiger charge is -2.02. The molecule has 1 aliphatic rings. The summed E-state index contributed by atoms with van der Waals surface area (Å²) in [5.41, 5.74) is 2.56. The van der Waals surface area contributed by atoms with Gasteiger partial charge in [0.25, 0.3) is 0 Å². The molecule has 3 heteroatoms. The van der Waals surface area contributed by atoms with Crippen LogP contribution in [0.4, 0.5) is 0 Å². The highest BCUT2D eigenvalue weighted by atomic mass is 16.4. The van der Waals surface area contributed by atoms with Gasteiger partial charge in [0.05, 0.1) is 0 Å². The molecule has 1 atom stereocenters. The van der Waals surface area contributed by atoms with Crippen LogP contribution >= 0.6 is 0 Å². The third-order valence-electron chi connectivity index (χ3n) is 2.20. The maximum Gasteiger partial charge on any atom is 0.333 e. The molecule has 1 aliphatic heterocycles. The van der Waals surface area contributed by atoms with E-state index in [0.717, 1.165) is 16.8 Å². The monoisotopic (exact) mass is 175 g/mol. The fraction of sp³-hybridized carbons (Fsp3) is 0.200. The number of aliphatic carboxylic acids is 1. The molecule has 1 aromatic carbocycles. The molecular formula is C10H9NO2. The number of benzene rings is 1. The van der Waals surface area contributed by atoms with E-state index in [-0.39, 0.29) is 0 Å². The van der Waals surface area contributed by atoms with Gasteiger partial charge in [0.15, 0.2) is 6.04 Å². The van der Waals surface area contributed by atoms with Gasteiger partial charge in [-0.2, -0.15) is 0 Å². The highest BCUT2D eigenvalue weighted by Crippen LogP contribution is 2.29. The van der Waals surface area contributed by atoms with Crippen LogP contribution in [0.25, 0.3) is 0 Å². The number of hydrogen-bond acceptors (Lipinski definition) is 2. The van der Waals surface area contributed by atoms with Crippen molar-refractivity contribution in [2.75, 3.05) is 0 Å². The zero-order valence-electron chi connectivity index (χ0n) is 7.19. The Balaban J connectivity index is 2.56. The lowest BCUT2D eigenvalue weighted by atomic mass is 10.0. The van der Waals surface area contributed by atoms with Crippen molar-refractivity contribution in [3.05, 3.63) is 35.4 Å². The molecule has 66 valence electrons. The van der Waals surface area contributed by atoms with Crippen molar-refractivity contribution in [1.29, 1.82) is 0 Å². The predicted octanol–water partition coefficient (Wildman–Crippen LogP) is 1.63. The minimum atomic E-state index is -0.885. The summed E-state index contributed by atoms with van der Waals surface area (Å²) in [6, 6.07) is 6.74. The number of nitrogens with zero attached hydrogens (tertiary/aromatic N) is 1. The molecule has 0 saturated carbocycles. The minimum absolute atomic E-state index is 0.698. The lowest BCUT2D eigenvalue weighted by Crippen LogP contribution is -2.06. The van der Waals surface area contributed by atoms with Gasteiger partial charge < -0.3 is 5.11 Å². The Morgan fingerprint density at radius 3 is 2.85 bits per heavy atom.